The lowest BCUT2D eigenvalue weighted by molar-refractivity contribution is -0.386. The second kappa shape index (κ2) is 15.0. The molecular formula is C32H35ClN2O12. The number of pyridine rings is 1. The molecule has 6 N–H and O–H groups in total. The van der Waals surface area contributed by atoms with E-state index in [0.717, 1.165) is 5.56 Å². The van der Waals surface area contributed by atoms with Gasteiger partial charge in [-0.25, -0.2) is 0 Å². The first-order valence-electron chi connectivity index (χ1n) is 15.0. The molecule has 1 aromatic heterocycles. The van der Waals surface area contributed by atoms with Crippen LogP contribution in [-0.4, -0.2) is 111 Å². The van der Waals surface area contributed by atoms with Gasteiger partial charge in [-0.05, 0) is 29.8 Å². The second-order valence-corrected chi connectivity index (χ2v) is 11.7. The largest absolute Gasteiger partial charge is 0.394 e. The van der Waals surface area contributed by atoms with Gasteiger partial charge in [0.15, 0.2) is 18.9 Å². The summed E-state index contributed by atoms with van der Waals surface area (Å²) in [4.78, 5) is 16.5. The number of aromatic nitrogens is 1. The Kier molecular flexibility index (Phi) is 10.8. The summed E-state index contributed by atoms with van der Waals surface area (Å²) < 4.78 is 34.8. The van der Waals surface area contributed by atoms with Crippen molar-refractivity contribution in [3.05, 3.63) is 94.8 Å². The highest BCUT2D eigenvalue weighted by molar-refractivity contribution is 6.34. The summed E-state index contributed by atoms with van der Waals surface area (Å²) in [5.41, 5.74) is 1.93. The molecule has 11 atom stereocenters. The number of amides is 1. The van der Waals surface area contributed by atoms with Crippen molar-refractivity contribution >= 4 is 23.2 Å². The zero-order chi connectivity index (χ0) is 33.1. The zero-order valence-corrected chi connectivity index (χ0v) is 25.6. The number of nitrogens with one attached hydrogen (secondary N) is 1. The van der Waals surface area contributed by atoms with Gasteiger partial charge in [0, 0.05) is 18.0 Å². The van der Waals surface area contributed by atoms with E-state index in [4.69, 9.17) is 40.0 Å². The summed E-state index contributed by atoms with van der Waals surface area (Å²) in [6, 6.07) is 17.1. The number of hydrogen-bond acceptors (Lipinski definition) is 13. The highest BCUT2D eigenvalue weighted by atomic mass is 35.5. The Labute approximate surface area is 274 Å². The Balaban J connectivity index is 1.06. The third kappa shape index (κ3) is 7.49. The Bertz CT molecular complexity index is 1490. The molecule has 3 saturated heterocycles. The van der Waals surface area contributed by atoms with E-state index >= 15 is 0 Å². The Morgan fingerprint density at radius 1 is 0.936 bits per heavy atom. The normalized spacial score (nSPS) is 34.0. The molecule has 15 heteroatoms. The molecule has 1 amide bonds. The highest BCUT2D eigenvalue weighted by Crippen LogP contribution is 2.36. The van der Waals surface area contributed by atoms with Gasteiger partial charge in [-0.3, -0.25) is 9.78 Å². The van der Waals surface area contributed by atoms with Crippen LogP contribution in [-0.2, 0) is 35.0 Å². The molecule has 0 spiro atoms. The number of benzene rings is 2. The summed E-state index contributed by atoms with van der Waals surface area (Å²) in [7, 11) is 0. The van der Waals surface area contributed by atoms with Crippen molar-refractivity contribution in [3.63, 3.8) is 0 Å². The summed E-state index contributed by atoms with van der Waals surface area (Å²) >= 11 is 6.27. The maximum absolute atomic E-state index is 12.6. The number of hydrogen-bond donors (Lipinski definition) is 6. The molecule has 0 radical (unpaired) electrons. The van der Waals surface area contributed by atoms with Crippen LogP contribution >= 0.6 is 11.6 Å². The van der Waals surface area contributed by atoms with Crippen LogP contribution in [0.5, 0.6) is 0 Å². The summed E-state index contributed by atoms with van der Waals surface area (Å²) in [6.07, 6.45) is -11.4. The smallest absolute Gasteiger partial charge is 0.257 e. The summed E-state index contributed by atoms with van der Waals surface area (Å²) in [5, 5.41) is 56.7. The first-order valence-corrected chi connectivity index (χ1v) is 15.3. The van der Waals surface area contributed by atoms with Crippen LogP contribution in [0.1, 0.15) is 27.8 Å². The van der Waals surface area contributed by atoms with E-state index in [1.54, 1.807) is 36.5 Å². The number of halogens is 1. The van der Waals surface area contributed by atoms with Crippen LogP contribution in [0.2, 0.25) is 5.02 Å². The number of fused-ring (bicyclic) bond motifs is 1. The van der Waals surface area contributed by atoms with E-state index in [1.807, 2.05) is 30.3 Å². The Hall–Kier alpha value is -3.09. The number of nitrogens with zero attached hydrogens (tertiary/aromatic N) is 1. The van der Waals surface area contributed by atoms with Crippen LogP contribution in [0.3, 0.4) is 0 Å². The number of carbonyl (C=O) groups excluding carboxylic acids is 1. The number of ether oxygens (including phenoxy) is 6. The third-order valence-corrected chi connectivity index (χ3v) is 8.46. The topological polar surface area (TPSA) is 199 Å². The fraction of sp³-hybridized carbons (Fsp3) is 0.438. The molecule has 3 aromatic rings. The molecule has 47 heavy (non-hydrogen) atoms. The molecule has 6 rings (SSSR count). The molecule has 0 saturated carbocycles. The second-order valence-electron chi connectivity index (χ2n) is 11.3. The van der Waals surface area contributed by atoms with Crippen molar-refractivity contribution in [2.24, 2.45) is 0 Å². The van der Waals surface area contributed by atoms with Crippen LogP contribution < -0.4 is 5.32 Å². The standard InChI is InChI=1S/C32H35ClN2O12/c33-19-9-8-16(11-20(19)35-29(41)18-7-4-10-34-12-18)14-42-31-25(39)23(37)27(21(13-36)44-31)47-32-26(40)24(38)28-22(45-32)15-43-30(46-28)17-5-2-1-3-6-17/h1-12,21-28,30-32,36-40H,13-15H2,(H,35,41)/t21-,22-,23-,24-,25-,26-,27-,28-,30-,31-,32-/m1/s1. The highest BCUT2D eigenvalue weighted by Gasteiger charge is 2.53. The molecule has 3 fully saturated rings. The lowest BCUT2D eigenvalue weighted by Crippen LogP contribution is -2.65. The molecular weight excluding hydrogens is 640 g/mol. The predicted molar refractivity (Wildman–Crippen MR) is 162 cm³/mol. The maximum atomic E-state index is 12.6. The molecule has 14 nitrogen and oxygen atoms in total. The van der Waals surface area contributed by atoms with Gasteiger partial charge in [0.1, 0.15) is 48.8 Å². The minimum atomic E-state index is -1.66. The quantitative estimate of drug-likeness (QED) is 0.187. The number of anilines is 1. The molecule has 0 bridgehead atoms. The zero-order valence-electron chi connectivity index (χ0n) is 24.8. The lowest BCUT2D eigenvalue weighted by atomic mass is 9.96. The van der Waals surface area contributed by atoms with E-state index in [-0.39, 0.29) is 18.2 Å². The first kappa shape index (κ1) is 33.8. The molecule has 4 heterocycles. The number of carbonyl (C=O) groups is 1. The van der Waals surface area contributed by atoms with E-state index in [0.29, 0.717) is 16.8 Å². The predicted octanol–water partition coefficient (Wildman–Crippen LogP) is 0.889. The van der Waals surface area contributed by atoms with E-state index < -0.39 is 80.2 Å². The minimum absolute atomic E-state index is 0.0130. The Morgan fingerprint density at radius 2 is 1.72 bits per heavy atom. The van der Waals surface area contributed by atoms with Gasteiger partial charge in [-0.2, -0.15) is 0 Å². The van der Waals surface area contributed by atoms with Crippen molar-refractivity contribution in [2.75, 3.05) is 18.5 Å². The van der Waals surface area contributed by atoms with Crippen molar-refractivity contribution in [1.29, 1.82) is 0 Å². The van der Waals surface area contributed by atoms with Gasteiger partial charge >= 0.3 is 0 Å². The average molecular weight is 675 g/mol. The first-order chi connectivity index (χ1) is 22.7. The molecule has 0 aliphatic carbocycles. The molecule has 3 aliphatic rings. The SMILES string of the molecule is O=C(Nc1cc(CO[C@@H]2O[C@H](CO)[C@@H](O[C@H]3O[C@@H]4CO[C@@H](c5ccccc5)O[C@H]4[C@H](O)[C@H]3O)[C@H](O)[C@H]2O)ccc1Cl)c1cccnc1. The fourth-order valence-corrected chi connectivity index (χ4v) is 5.78. The molecule has 0 unspecified atom stereocenters. The molecule has 2 aromatic carbocycles. The van der Waals surface area contributed by atoms with Gasteiger partial charge in [0.05, 0.1) is 36.1 Å². The minimum Gasteiger partial charge on any atom is -0.394 e. The van der Waals surface area contributed by atoms with E-state index in [9.17, 15) is 30.3 Å². The van der Waals surface area contributed by atoms with Crippen molar-refractivity contribution < 1.29 is 58.7 Å². The summed E-state index contributed by atoms with van der Waals surface area (Å²) in [6.45, 7) is -0.768. The number of aliphatic hydroxyl groups is 5. The summed E-state index contributed by atoms with van der Waals surface area (Å²) in [5.74, 6) is -0.418. The van der Waals surface area contributed by atoms with Crippen molar-refractivity contribution in [2.45, 2.75) is 74.3 Å². The number of rotatable bonds is 9. The molecule has 252 valence electrons. The van der Waals surface area contributed by atoms with Crippen LogP contribution in [0.15, 0.2) is 73.1 Å². The fourth-order valence-electron chi connectivity index (χ4n) is 5.61. The van der Waals surface area contributed by atoms with Crippen LogP contribution in [0.25, 0.3) is 0 Å². The van der Waals surface area contributed by atoms with Gasteiger partial charge in [0.2, 0.25) is 0 Å². The van der Waals surface area contributed by atoms with Gasteiger partial charge < -0.3 is 59.3 Å². The van der Waals surface area contributed by atoms with Crippen LogP contribution in [0, 0.1) is 0 Å². The monoisotopic (exact) mass is 674 g/mol. The van der Waals surface area contributed by atoms with Crippen LogP contribution in [0.4, 0.5) is 5.69 Å². The van der Waals surface area contributed by atoms with Gasteiger partial charge in [-0.1, -0.05) is 48.0 Å². The van der Waals surface area contributed by atoms with Gasteiger partial charge in [-0.15, -0.1) is 0 Å². The third-order valence-electron chi connectivity index (χ3n) is 8.13. The lowest BCUT2D eigenvalue weighted by Gasteiger charge is -2.48. The van der Waals surface area contributed by atoms with Crippen molar-refractivity contribution in [1.82, 2.24) is 4.98 Å². The van der Waals surface area contributed by atoms with E-state index in [1.165, 1.54) is 6.20 Å². The van der Waals surface area contributed by atoms with Gasteiger partial charge in [0.25, 0.3) is 5.91 Å². The average Bonchev–Trinajstić information content (AvgIpc) is 3.10. The van der Waals surface area contributed by atoms with Crippen molar-refractivity contribution in [3.8, 4) is 0 Å². The molecule has 3 aliphatic heterocycles. The Morgan fingerprint density at radius 3 is 2.47 bits per heavy atom. The maximum Gasteiger partial charge on any atom is 0.257 e. The number of aliphatic hydroxyl groups excluding tert-OH is 5. The van der Waals surface area contributed by atoms with E-state index in [2.05, 4.69) is 10.3 Å².